The molecule has 0 aromatic carbocycles. The molecule has 0 fully saturated rings. The van der Waals surface area contributed by atoms with Crippen LogP contribution in [0, 0.1) is 0 Å². The SMILES string of the molecule is CCCCCCC/C=C\C/C=C\CCCCCCCCCCCCCCOCC(CO)OC(=O)CCCCCCCCCCCCCCCCCCCCCCC. The van der Waals surface area contributed by atoms with Gasteiger partial charge in [-0.2, -0.15) is 0 Å². The Morgan fingerprint density at radius 3 is 1.09 bits per heavy atom. The highest BCUT2D eigenvalue weighted by Gasteiger charge is 2.13. The first-order chi connectivity index (χ1) is 28.2. The smallest absolute Gasteiger partial charge is 0.306 e. The summed E-state index contributed by atoms with van der Waals surface area (Å²) in [6.07, 6.45) is 64.2. The number of ether oxygens (including phenoxy) is 2. The molecule has 0 saturated heterocycles. The normalized spacial score (nSPS) is 12.4. The molecule has 0 aliphatic carbocycles. The van der Waals surface area contributed by atoms with Crippen LogP contribution < -0.4 is 0 Å². The summed E-state index contributed by atoms with van der Waals surface area (Å²) in [4.78, 5) is 12.3. The number of carbonyl (C=O) groups is 1. The number of aliphatic hydroxyl groups is 1. The summed E-state index contributed by atoms with van der Waals surface area (Å²) >= 11 is 0. The molecule has 0 amide bonds. The van der Waals surface area contributed by atoms with E-state index in [9.17, 15) is 9.90 Å². The quantitative estimate of drug-likeness (QED) is 0.0378. The van der Waals surface area contributed by atoms with Gasteiger partial charge in [0.25, 0.3) is 0 Å². The second-order valence-corrected chi connectivity index (χ2v) is 17.6. The Labute approximate surface area is 358 Å². The largest absolute Gasteiger partial charge is 0.457 e. The number of hydrogen-bond donors (Lipinski definition) is 1. The van der Waals surface area contributed by atoms with E-state index in [-0.39, 0.29) is 12.6 Å². The van der Waals surface area contributed by atoms with E-state index in [1.165, 1.54) is 238 Å². The molecule has 0 aromatic heterocycles. The van der Waals surface area contributed by atoms with Crippen molar-refractivity contribution in [2.45, 2.75) is 290 Å². The molecule has 0 spiro atoms. The van der Waals surface area contributed by atoms with Gasteiger partial charge in [0.05, 0.1) is 13.2 Å². The zero-order chi connectivity index (χ0) is 41.2. The van der Waals surface area contributed by atoms with Crippen LogP contribution in [0.2, 0.25) is 0 Å². The van der Waals surface area contributed by atoms with Crippen molar-refractivity contribution in [1.82, 2.24) is 0 Å². The molecule has 0 bridgehead atoms. The minimum absolute atomic E-state index is 0.167. The number of carbonyl (C=O) groups excluding carboxylic acids is 1. The van der Waals surface area contributed by atoms with Crippen LogP contribution in [0.15, 0.2) is 24.3 Å². The van der Waals surface area contributed by atoms with Crippen molar-refractivity contribution in [3.63, 3.8) is 0 Å². The Balaban J connectivity index is 3.36. The van der Waals surface area contributed by atoms with Crippen molar-refractivity contribution in [2.24, 2.45) is 0 Å². The summed E-state index contributed by atoms with van der Waals surface area (Å²) in [6, 6.07) is 0. The van der Waals surface area contributed by atoms with E-state index >= 15 is 0 Å². The van der Waals surface area contributed by atoms with Gasteiger partial charge in [0, 0.05) is 13.0 Å². The fourth-order valence-corrected chi connectivity index (χ4v) is 7.89. The summed E-state index contributed by atoms with van der Waals surface area (Å²) in [5, 5.41) is 9.65. The van der Waals surface area contributed by atoms with Gasteiger partial charge in [0.2, 0.25) is 0 Å². The number of allylic oxidation sites excluding steroid dienone is 4. The van der Waals surface area contributed by atoms with Crippen molar-refractivity contribution in [1.29, 1.82) is 0 Å². The molecule has 0 rings (SSSR count). The van der Waals surface area contributed by atoms with Crippen LogP contribution in [-0.4, -0.2) is 37.0 Å². The van der Waals surface area contributed by atoms with Crippen molar-refractivity contribution in [3.05, 3.63) is 24.3 Å². The molecular formula is C53H102O4. The minimum atomic E-state index is -0.531. The van der Waals surface area contributed by atoms with Crippen LogP contribution in [0.3, 0.4) is 0 Å². The fraction of sp³-hybridized carbons (Fsp3) is 0.906. The van der Waals surface area contributed by atoms with Gasteiger partial charge in [-0.3, -0.25) is 4.79 Å². The molecule has 338 valence electrons. The monoisotopic (exact) mass is 803 g/mol. The first-order valence-electron chi connectivity index (χ1n) is 25.9. The molecule has 0 aliphatic rings. The Morgan fingerprint density at radius 2 is 0.737 bits per heavy atom. The maximum absolute atomic E-state index is 12.3. The third-order valence-electron chi connectivity index (χ3n) is 11.8. The molecule has 0 saturated carbocycles. The van der Waals surface area contributed by atoms with Crippen LogP contribution in [0.25, 0.3) is 0 Å². The standard InChI is InChI=1S/C53H102O4/c1-3-5-7-9-11-13-15-17-19-21-23-25-26-27-29-31-33-35-37-39-41-43-45-47-49-56-51-52(50-54)57-53(55)48-46-44-42-40-38-36-34-32-30-28-24-22-20-18-16-14-12-10-8-6-4-2/h15,17,21,23,52,54H,3-14,16,18-20,22,24-51H2,1-2H3/b17-15-,23-21-. The zero-order valence-electron chi connectivity index (χ0n) is 38.9. The summed E-state index contributed by atoms with van der Waals surface area (Å²) in [5.41, 5.74) is 0. The fourth-order valence-electron chi connectivity index (χ4n) is 7.89. The molecule has 1 unspecified atom stereocenters. The predicted octanol–water partition coefficient (Wildman–Crippen LogP) is 17.4. The van der Waals surface area contributed by atoms with Crippen molar-refractivity contribution >= 4 is 5.97 Å². The molecule has 0 aromatic rings. The highest BCUT2D eigenvalue weighted by Crippen LogP contribution is 2.17. The minimum Gasteiger partial charge on any atom is -0.457 e. The maximum atomic E-state index is 12.3. The number of unbranched alkanes of at least 4 members (excludes halogenated alkanes) is 37. The highest BCUT2D eigenvalue weighted by molar-refractivity contribution is 5.69. The van der Waals surface area contributed by atoms with E-state index in [4.69, 9.17) is 9.47 Å². The number of aliphatic hydroxyl groups excluding tert-OH is 1. The first kappa shape index (κ1) is 55.9. The topological polar surface area (TPSA) is 55.8 Å². The third-order valence-corrected chi connectivity index (χ3v) is 11.8. The van der Waals surface area contributed by atoms with E-state index in [1.54, 1.807) is 0 Å². The van der Waals surface area contributed by atoms with Crippen LogP contribution in [0.5, 0.6) is 0 Å². The van der Waals surface area contributed by atoms with E-state index in [0.29, 0.717) is 19.6 Å². The second kappa shape index (κ2) is 51.0. The number of rotatable bonds is 49. The molecule has 0 radical (unpaired) electrons. The molecule has 1 N–H and O–H groups in total. The molecular weight excluding hydrogens is 701 g/mol. The average Bonchev–Trinajstić information content (AvgIpc) is 3.22. The second-order valence-electron chi connectivity index (χ2n) is 17.6. The first-order valence-corrected chi connectivity index (χ1v) is 25.9. The molecule has 0 heterocycles. The molecule has 0 aliphatic heterocycles. The van der Waals surface area contributed by atoms with Gasteiger partial charge in [0.15, 0.2) is 0 Å². The summed E-state index contributed by atoms with van der Waals surface area (Å²) < 4.78 is 11.2. The van der Waals surface area contributed by atoms with Gasteiger partial charge in [-0.25, -0.2) is 0 Å². The maximum Gasteiger partial charge on any atom is 0.306 e. The average molecular weight is 803 g/mol. The Bertz CT molecular complexity index is 807. The lowest BCUT2D eigenvalue weighted by Crippen LogP contribution is -2.27. The third kappa shape index (κ3) is 49.1. The number of hydrogen-bond acceptors (Lipinski definition) is 4. The van der Waals surface area contributed by atoms with Gasteiger partial charge in [-0.05, 0) is 44.9 Å². The van der Waals surface area contributed by atoms with E-state index in [1.807, 2.05) is 0 Å². The van der Waals surface area contributed by atoms with Crippen LogP contribution in [0.1, 0.15) is 284 Å². The van der Waals surface area contributed by atoms with Crippen molar-refractivity contribution < 1.29 is 19.4 Å². The lowest BCUT2D eigenvalue weighted by molar-refractivity contribution is -0.154. The summed E-state index contributed by atoms with van der Waals surface area (Å²) in [5.74, 6) is -0.194. The lowest BCUT2D eigenvalue weighted by Gasteiger charge is -2.16. The molecule has 4 nitrogen and oxygen atoms in total. The Kier molecular flexibility index (Phi) is 50.0. The van der Waals surface area contributed by atoms with Crippen LogP contribution >= 0.6 is 0 Å². The van der Waals surface area contributed by atoms with E-state index in [2.05, 4.69) is 38.2 Å². The Hall–Kier alpha value is -1.13. The van der Waals surface area contributed by atoms with Crippen molar-refractivity contribution in [3.8, 4) is 0 Å². The van der Waals surface area contributed by atoms with Crippen LogP contribution in [0.4, 0.5) is 0 Å². The van der Waals surface area contributed by atoms with Gasteiger partial charge >= 0.3 is 5.97 Å². The van der Waals surface area contributed by atoms with E-state index < -0.39 is 6.10 Å². The summed E-state index contributed by atoms with van der Waals surface area (Å²) in [6.45, 7) is 5.39. The number of esters is 1. The predicted molar refractivity (Wildman–Crippen MR) is 251 cm³/mol. The van der Waals surface area contributed by atoms with Gasteiger partial charge in [0.1, 0.15) is 6.10 Å². The molecule has 4 heteroatoms. The molecule has 1 atom stereocenters. The van der Waals surface area contributed by atoms with E-state index in [0.717, 1.165) is 25.7 Å². The summed E-state index contributed by atoms with van der Waals surface area (Å²) in [7, 11) is 0. The molecule has 57 heavy (non-hydrogen) atoms. The van der Waals surface area contributed by atoms with Gasteiger partial charge in [-0.15, -0.1) is 0 Å². The van der Waals surface area contributed by atoms with Crippen LogP contribution in [-0.2, 0) is 14.3 Å². The highest BCUT2D eigenvalue weighted by atomic mass is 16.6. The van der Waals surface area contributed by atoms with Gasteiger partial charge < -0.3 is 14.6 Å². The van der Waals surface area contributed by atoms with Crippen molar-refractivity contribution in [2.75, 3.05) is 19.8 Å². The Morgan fingerprint density at radius 1 is 0.421 bits per heavy atom. The lowest BCUT2D eigenvalue weighted by atomic mass is 10.0. The zero-order valence-corrected chi connectivity index (χ0v) is 38.9. The van der Waals surface area contributed by atoms with Gasteiger partial charge in [-0.1, -0.05) is 256 Å².